The lowest BCUT2D eigenvalue weighted by molar-refractivity contribution is 0.135. The molecule has 2 nitrogen and oxygen atoms in total. The van der Waals surface area contributed by atoms with Crippen molar-refractivity contribution in [2.75, 3.05) is 19.8 Å². The molecule has 0 bridgehead atoms. The number of hydrogen-bond donors (Lipinski definition) is 1. The Morgan fingerprint density at radius 2 is 1.75 bits per heavy atom. The molecule has 0 saturated carbocycles. The number of aliphatic hydroxyl groups is 1. The maximum atomic E-state index is 7.88. The van der Waals surface area contributed by atoms with E-state index in [4.69, 9.17) is 17.7 Å². The Morgan fingerprint density at radius 1 is 1.17 bits per heavy atom. The van der Waals surface area contributed by atoms with Crippen LogP contribution in [0.25, 0.3) is 0 Å². The van der Waals surface area contributed by atoms with Crippen LogP contribution in [-0.4, -0.2) is 32.8 Å². The molecule has 3 heteroatoms. The molecule has 0 aromatic heterocycles. The predicted molar refractivity (Wildman–Crippen MR) is 53.7 cm³/mol. The van der Waals surface area contributed by atoms with Gasteiger partial charge in [0.2, 0.25) is 0 Å². The van der Waals surface area contributed by atoms with E-state index in [2.05, 4.69) is 6.92 Å². The Morgan fingerprint density at radius 3 is 2.08 bits per heavy atom. The van der Waals surface area contributed by atoms with Gasteiger partial charge in [-0.1, -0.05) is 20.2 Å². The second-order valence-electron chi connectivity index (χ2n) is 2.48. The van der Waals surface area contributed by atoms with Crippen LogP contribution in [0.1, 0.15) is 33.1 Å². The normalized spacial score (nSPS) is 8.92. The second kappa shape index (κ2) is 17.2. The monoisotopic (exact) mass is 172 g/mol. The van der Waals surface area contributed by atoms with Crippen LogP contribution in [0.4, 0.5) is 0 Å². The zero-order valence-electron chi connectivity index (χ0n) is 8.38. The Bertz CT molecular complexity index is 52.5. The van der Waals surface area contributed by atoms with Crippen molar-refractivity contribution >= 4 is 7.85 Å². The van der Waals surface area contributed by atoms with Crippen LogP contribution in [0.2, 0.25) is 6.32 Å². The summed E-state index contributed by atoms with van der Waals surface area (Å²) >= 11 is 0. The summed E-state index contributed by atoms with van der Waals surface area (Å²) in [6, 6.07) is 0. The van der Waals surface area contributed by atoms with E-state index in [1.807, 2.05) is 6.92 Å². The number of rotatable bonds is 6. The highest BCUT2D eigenvalue weighted by atomic mass is 16.5. The lowest BCUT2D eigenvalue weighted by atomic mass is 10.0. The molecule has 1 N–H and O–H groups in total. The number of hydrogen-bond acceptors (Lipinski definition) is 2. The van der Waals surface area contributed by atoms with Crippen molar-refractivity contribution in [2.45, 2.75) is 39.4 Å². The Hall–Kier alpha value is -0.0151. The van der Waals surface area contributed by atoms with Crippen LogP contribution in [0.5, 0.6) is 0 Å². The van der Waals surface area contributed by atoms with Gasteiger partial charge >= 0.3 is 0 Å². The first-order valence-corrected chi connectivity index (χ1v) is 4.72. The summed E-state index contributed by atoms with van der Waals surface area (Å²) in [7, 11) is 5.23. The summed E-state index contributed by atoms with van der Waals surface area (Å²) in [6.45, 7) is 6.05. The van der Waals surface area contributed by atoms with Gasteiger partial charge in [0.15, 0.2) is 0 Å². The summed E-state index contributed by atoms with van der Waals surface area (Å²) < 4.78 is 5.14. The van der Waals surface area contributed by atoms with Gasteiger partial charge in [0.25, 0.3) is 0 Å². The van der Waals surface area contributed by atoms with Gasteiger partial charge < -0.3 is 9.84 Å². The molecule has 0 atom stereocenters. The summed E-state index contributed by atoms with van der Waals surface area (Å²) in [5.74, 6) is 0. The molecule has 12 heavy (non-hydrogen) atoms. The van der Waals surface area contributed by atoms with E-state index < -0.39 is 0 Å². The summed E-state index contributed by atoms with van der Waals surface area (Å²) in [5, 5.41) is 7.88. The van der Waals surface area contributed by atoms with Gasteiger partial charge in [0.05, 0.1) is 7.85 Å². The molecule has 0 heterocycles. The third kappa shape index (κ3) is 22.5. The first-order valence-electron chi connectivity index (χ1n) is 4.72. The number of aliphatic hydroxyl groups excluding tert-OH is 1. The van der Waals surface area contributed by atoms with E-state index in [9.17, 15) is 0 Å². The van der Waals surface area contributed by atoms with E-state index in [1.165, 1.54) is 0 Å². The maximum Gasteiger partial charge on any atom is 0.0654 e. The van der Waals surface area contributed by atoms with Gasteiger partial charge in [-0.3, -0.25) is 0 Å². The van der Waals surface area contributed by atoms with E-state index in [-0.39, 0.29) is 0 Å². The highest BCUT2D eigenvalue weighted by molar-refractivity contribution is 6.08. The van der Waals surface area contributed by atoms with Crippen molar-refractivity contribution < 1.29 is 9.84 Å². The molecule has 0 saturated heterocycles. The minimum atomic E-state index is 0.319. The highest BCUT2D eigenvalue weighted by Gasteiger charge is 1.81. The van der Waals surface area contributed by atoms with Crippen LogP contribution in [0.3, 0.4) is 0 Å². The molecule has 2 radical (unpaired) electrons. The van der Waals surface area contributed by atoms with E-state index in [0.29, 0.717) is 6.61 Å². The third-order valence-electron chi connectivity index (χ3n) is 1.06. The zero-order valence-corrected chi connectivity index (χ0v) is 8.38. The first-order chi connectivity index (χ1) is 5.83. The summed E-state index contributed by atoms with van der Waals surface area (Å²) in [4.78, 5) is 0. The van der Waals surface area contributed by atoms with Crippen molar-refractivity contribution in [3.8, 4) is 0 Å². The quantitative estimate of drug-likeness (QED) is 0.488. The fourth-order valence-corrected chi connectivity index (χ4v) is 0.432. The molecular formula is C9H21BO2. The molecule has 0 amide bonds. The maximum absolute atomic E-state index is 7.88. The van der Waals surface area contributed by atoms with Crippen LogP contribution in [0, 0.1) is 0 Å². The van der Waals surface area contributed by atoms with Crippen LogP contribution >= 0.6 is 0 Å². The highest BCUT2D eigenvalue weighted by Crippen LogP contribution is 1.86. The molecule has 0 aliphatic carbocycles. The lowest BCUT2D eigenvalue weighted by Crippen LogP contribution is -1.94. The molecule has 0 aliphatic heterocycles. The smallest absolute Gasteiger partial charge is 0.0654 e. The Kier molecular flexibility index (Phi) is 20.8. The average molecular weight is 172 g/mol. The van der Waals surface area contributed by atoms with Crippen molar-refractivity contribution in [3.05, 3.63) is 0 Å². The van der Waals surface area contributed by atoms with Crippen molar-refractivity contribution in [1.82, 2.24) is 0 Å². The molecule has 0 spiro atoms. The minimum Gasteiger partial charge on any atom is -0.396 e. The minimum absolute atomic E-state index is 0.319. The first kappa shape index (κ1) is 14.5. The lowest BCUT2D eigenvalue weighted by Gasteiger charge is -1.97. The van der Waals surface area contributed by atoms with Crippen LogP contribution < -0.4 is 0 Å². The molecular weight excluding hydrogens is 151 g/mol. The molecule has 0 rings (SSSR count). The largest absolute Gasteiger partial charge is 0.396 e. The van der Waals surface area contributed by atoms with E-state index in [0.717, 1.165) is 38.8 Å². The molecule has 0 aromatic rings. The Balaban J connectivity index is 0. The molecule has 0 fully saturated rings. The average Bonchev–Trinajstić information content (AvgIpc) is 2.13. The van der Waals surface area contributed by atoms with Gasteiger partial charge in [-0.15, -0.1) is 0 Å². The summed E-state index contributed by atoms with van der Waals surface area (Å²) in [6.07, 6.45) is 3.70. The zero-order chi connectivity index (χ0) is 9.66. The SMILES string of the molecule is CCCO.[B]CCCOCCC. The van der Waals surface area contributed by atoms with Crippen molar-refractivity contribution in [2.24, 2.45) is 0 Å². The van der Waals surface area contributed by atoms with E-state index >= 15 is 0 Å². The standard InChI is InChI=1S/C6H13BO.C3H8O/c1-2-5-8-6-3-4-7;1-2-3-4/h2-6H2,1H3;4H,2-3H2,1H3. The fourth-order valence-electron chi connectivity index (χ4n) is 0.432. The molecule has 0 aliphatic rings. The molecule has 0 unspecified atom stereocenters. The van der Waals surface area contributed by atoms with Crippen molar-refractivity contribution in [1.29, 1.82) is 0 Å². The van der Waals surface area contributed by atoms with Gasteiger partial charge in [0, 0.05) is 19.8 Å². The van der Waals surface area contributed by atoms with Gasteiger partial charge in [0.1, 0.15) is 0 Å². The second-order valence-corrected chi connectivity index (χ2v) is 2.48. The van der Waals surface area contributed by atoms with Crippen LogP contribution in [0.15, 0.2) is 0 Å². The molecule has 72 valence electrons. The third-order valence-corrected chi connectivity index (χ3v) is 1.06. The van der Waals surface area contributed by atoms with Crippen LogP contribution in [-0.2, 0) is 4.74 Å². The van der Waals surface area contributed by atoms with E-state index in [1.54, 1.807) is 0 Å². The molecule has 0 aromatic carbocycles. The van der Waals surface area contributed by atoms with Gasteiger partial charge in [-0.2, -0.15) is 0 Å². The number of ether oxygens (including phenoxy) is 1. The summed E-state index contributed by atoms with van der Waals surface area (Å²) in [5.41, 5.74) is 0. The topological polar surface area (TPSA) is 29.5 Å². The van der Waals surface area contributed by atoms with Gasteiger partial charge in [-0.05, 0) is 19.3 Å². The fraction of sp³-hybridized carbons (Fsp3) is 1.00. The Labute approximate surface area is 77.7 Å². The van der Waals surface area contributed by atoms with Gasteiger partial charge in [-0.25, -0.2) is 0 Å². The van der Waals surface area contributed by atoms with Crippen molar-refractivity contribution in [3.63, 3.8) is 0 Å². The predicted octanol–water partition coefficient (Wildman–Crippen LogP) is 1.78.